The van der Waals surface area contributed by atoms with E-state index in [9.17, 15) is 19.2 Å². The highest BCUT2D eigenvalue weighted by molar-refractivity contribution is 7.99. The van der Waals surface area contributed by atoms with Crippen LogP contribution in [0.3, 0.4) is 0 Å². The molecule has 1 aliphatic rings. The molecule has 1 fully saturated rings. The second-order valence-electron chi connectivity index (χ2n) is 10.4. The van der Waals surface area contributed by atoms with Gasteiger partial charge < -0.3 is 25.0 Å². The van der Waals surface area contributed by atoms with E-state index in [0.29, 0.717) is 49.5 Å². The molecule has 4 amide bonds. The number of hydrogen-bond acceptors (Lipinski definition) is 7. The standard InChI is InChI=1S/C29H38N4O6S/c1-29(2,3)39-28(37)32-24(26(35)33-16-17-40-20-33)14-7-8-15-30-25(34)22-12-9-13-23(18-22)31-27(36)38-19-21-10-5-4-6-11-21/h4-6,9-13,18,24H,7-8,14-17,19-20H2,1-3H3,(H,30,34)(H,31,36)(H,32,37)/t24-/m0/s1. The Labute approximate surface area is 239 Å². The first-order valence-corrected chi connectivity index (χ1v) is 14.5. The molecule has 0 saturated carbocycles. The Morgan fingerprint density at radius 1 is 1.00 bits per heavy atom. The summed E-state index contributed by atoms with van der Waals surface area (Å²) >= 11 is 1.68. The molecular weight excluding hydrogens is 532 g/mol. The zero-order valence-electron chi connectivity index (χ0n) is 23.2. The second-order valence-corrected chi connectivity index (χ2v) is 11.4. The number of unbranched alkanes of at least 4 members (excludes halogenated alkanes) is 1. The van der Waals surface area contributed by atoms with E-state index in [1.165, 1.54) is 0 Å². The van der Waals surface area contributed by atoms with Gasteiger partial charge in [-0.2, -0.15) is 0 Å². The summed E-state index contributed by atoms with van der Waals surface area (Å²) in [6, 6.07) is 15.2. The van der Waals surface area contributed by atoms with Gasteiger partial charge in [-0.1, -0.05) is 36.4 Å². The third-order valence-electron chi connectivity index (χ3n) is 5.84. The van der Waals surface area contributed by atoms with Gasteiger partial charge in [-0.05, 0) is 63.8 Å². The summed E-state index contributed by atoms with van der Waals surface area (Å²) in [5, 5.41) is 8.22. The van der Waals surface area contributed by atoms with Crippen molar-refractivity contribution < 1.29 is 28.7 Å². The van der Waals surface area contributed by atoms with Crippen LogP contribution in [0.4, 0.5) is 15.3 Å². The van der Waals surface area contributed by atoms with E-state index in [-0.39, 0.29) is 18.4 Å². The fourth-order valence-corrected chi connectivity index (χ4v) is 4.86. The van der Waals surface area contributed by atoms with E-state index in [1.54, 1.807) is 61.7 Å². The molecule has 0 radical (unpaired) electrons. The summed E-state index contributed by atoms with van der Waals surface area (Å²) in [4.78, 5) is 51.8. The Morgan fingerprint density at radius 3 is 2.48 bits per heavy atom. The zero-order valence-corrected chi connectivity index (χ0v) is 24.1. The van der Waals surface area contributed by atoms with Gasteiger partial charge in [-0.3, -0.25) is 14.9 Å². The summed E-state index contributed by atoms with van der Waals surface area (Å²) < 4.78 is 10.6. The quantitative estimate of drug-likeness (QED) is 0.333. The molecule has 3 rings (SSSR count). The van der Waals surface area contributed by atoms with Crippen LogP contribution in [-0.2, 0) is 20.9 Å². The molecule has 2 aromatic carbocycles. The second kappa shape index (κ2) is 15.2. The Kier molecular flexibility index (Phi) is 11.7. The van der Waals surface area contributed by atoms with Gasteiger partial charge in [0.15, 0.2) is 0 Å². The van der Waals surface area contributed by atoms with Crippen molar-refractivity contribution in [3.8, 4) is 0 Å². The molecule has 2 aromatic rings. The number of anilines is 1. The Balaban J connectivity index is 1.43. The predicted molar refractivity (Wildman–Crippen MR) is 155 cm³/mol. The van der Waals surface area contributed by atoms with Crippen molar-refractivity contribution in [3.05, 3.63) is 65.7 Å². The van der Waals surface area contributed by atoms with Crippen molar-refractivity contribution in [2.24, 2.45) is 0 Å². The van der Waals surface area contributed by atoms with E-state index in [1.807, 2.05) is 30.3 Å². The molecule has 11 heteroatoms. The largest absolute Gasteiger partial charge is 0.444 e. The number of carbonyl (C=O) groups excluding carboxylic acids is 4. The summed E-state index contributed by atoms with van der Waals surface area (Å²) in [7, 11) is 0. The maximum atomic E-state index is 13.0. The van der Waals surface area contributed by atoms with Gasteiger partial charge in [0.05, 0.1) is 5.88 Å². The molecule has 1 saturated heterocycles. The van der Waals surface area contributed by atoms with Crippen molar-refractivity contribution in [1.82, 2.24) is 15.5 Å². The topological polar surface area (TPSA) is 126 Å². The number of carbonyl (C=O) groups is 4. The van der Waals surface area contributed by atoms with Crippen LogP contribution in [0.2, 0.25) is 0 Å². The van der Waals surface area contributed by atoms with Crippen LogP contribution in [0.25, 0.3) is 0 Å². The molecule has 1 atom stereocenters. The van der Waals surface area contributed by atoms with Crippen molar-refractivity contribution >= 4 is 41.5 Å². The lowest BCUT2D eigenvalue weighted by Gasteiger charge is -2.26. The number of nitrogens with zero attached hydrogens (tertiary/aromatic N) is 1. The number of thioether (sulfide) groups is 1. The molecule has 1 aliphatic heterocycles. The number of rotatable bonds is 11. The highest BCUT2D eigenvalue weighted by Crippen LogP contribution is 2.17. The molecule has 0 spiro atoms. The lowest BCUT2D eigenvalue weighted by atomic mass is 10.1. The smallest absolute Gasteiger partial charge is 0.411 e. The van der Waals surface area contributed by atoms with Crippen LogP contribution in [0, 0.1) is 0 Å². The third-order valence-corrected chi connectivity index (χ3v) is 6.81. The maximum Gasteiger partial charge on any atom is 0.411 e. The van der Waals surface area contributed by atoms with E-state index >= 15 is 0 Å². The minimum atomic E-state index is -0.686. The predicted octanol–water partition coefficient (Wildman–Crippen LogP) is 4.76. The first kappa shape index (κ1) is 30.8. The van der Waals surface area contributed by atoms with Crippen LogP contribution in [0.1, 0.15) is 56.0 Å². The molecule has 40 heavy (non-hydrogen) atoms. The van der Waals surface area contributed by atoms with E-state index < -0.39 is 23.8 Å². The molecule has 216 valence electrons. The molecule has 1 heterocycles. The van der Waals surface area contributed by atoms with Crippen LogP contribution in [-0.4, -0.2) is 65.3 Å². The summed E-state index contributed by atoms with van der Waals surface area (Å²) in [5.74, 6) is 1.09. The highest BCUT2D eigenvalue weighted by Gasteiger charge is 2.29. The average molecular weight is 571 g/mol. The molecule has 0 bridgehead atoms. The van der Waals surface area contributed by atoms with E-state index in [2.05, 4.69) is 16.0 Å². The van der Waals surface area contributed by atoms with Crippen molar-refractivity contribution in [2.75, 3.05) is 30.0 Å². The number of benzene rings is 2. The van der Waals surface area contributed by atoms with Gasteiger partial charge in [0.1, 0.15) is 18.2 Å². The number of nitrogens with one attached hydrogen (secondary N) is 3. The SMILES string of the molecule is CC(C)(C)OC(=O)N[C@@H](CCCCNC(=O)c1cccc(NC(=O)OCc2ccccc2)c1)C(=O)N1CCSC1. The van der Waals surface area contributed by atoms with Crippen LogP contribution in [0.15, 0.2) is 54.6 Å². The van der Waals surface area contributed by atoms with Gasteiger partial charge in [0, 0.05) is 30.1 Å². The molecule has 0 aliphatic carbocycles. The third kappa shape index (κ3) is 10.8. The highest BCUT2D eigenvalue weighted by atomic mass is 32.2. The van der Waals surface area contributed by atoms with Gasteiger partial charge in [-0.15, -0.1) is 11.8 Å². The van der Waals surface area contributed by atoms with Crippen molar-refractivity contribution in [3.63, 3.8) is 0 Å². The minimum Gasteiger partial charge on any atom is -0.444 e. The summed E-state index contributed by atoms with van der Waals surface area (Å²) in [6.07, 6.45) is 0.424. The molecule has 3 N–H and O–H groups in total. The first-order chi connectivity index (χ1) is 19.1. The zero-order chi connectivity index (χ0) is 29.0. The Hall–Kier alpha value is -3.73. The van der Waals surface area contributed by atoms with Gasteiger partial charge in [0.25, 0.3) is 5.91 Å². The molecule has 0 unspecified atom stereocenters. The summed E-state index contributed by atoms with van der Waals surface area (Å²) in [6.45, 7) is 6.50. The number of hydrogen-bond donors (Lipinski definition) is 3. The summed E-state index contributed by atoms with van der Waals surface area (Å²) in [5.41, 5.74) is 1.05. The van der Waals surface area contributed by atoms with Crippen LogP contribution < -0.4 is 16.0 Å². The van der Waals surface area contributed by atoms with Gasteiger partial charge in [-0.25, -0.2) is 9.59 Å². The van der Waals surface area contributed by atoms with Crippen molar-refractivity contribution in [1.29, 1.82) is 0 Å². The lowest BCUT2D eigenvalue weighted by Crippen LogP contribution is -2.49. The Bertz CT molecular complexity index is 1150. The number of amides is 4. The normalized spacial score (nSPS) is 13.7. The van der Waals surface area contributed by atoms with Crippen LogP contribution >= 0.6 is 11.8 Å². The number of ether oxygens (including phenoxy) is 2. The lowest BCUT2D eigenvalue weighted by molar-refractivity contribution is -0.132. The Morgan fingerprint density at radius 2 is 1.77 bits per heavy atom. The van der Waals surface area contributed by atoms with Gasteiger partial charge in [0.2, 0.25) is 5.91 Å². The minimum absolute atomic E-state index is 0.119. The maximum absolute atomic E-state index is 13.0. The molecule has 10 nitrogen and oxygen atoms in total. The van der Waals surface area contributed by atoms with E-state index in [0.717, 1.165) is 11.3 Å². The fraction of sp³-hybridized carbons (Fsp3) is 0.448. The fourth-order valence-electron chi connectivity index (χ4n) is 3.91. The van der Waals surface area contributed by atoms with Crippen molar-refractivity contribution in [2.45, 2.75) is 58.3 Å². The average Bonchev–Trinajstić information content (AvgIpc) is 3.45. The monoisotopic (exact) mass is 570 g/mol. The molecular formula is C29H38N4O6S. The van der Waals surface area contributed by atoms with Gasteiger partial charge >= 0.3 is 12.2 Å². The van der Waals surface area contributed by atoms with E-state index in [4.69, 9.17) is 9.47 Å². The molecule has 0 aromatic heterocycles. The van der Waals surface area contributed by atoms with Crippen LogP contribution in [0.5, 0.6) is 0 Å². The number of alkyl carbamates (subject to hydrolysis) is 1. The first-order valence-electron chi connectivity index (χ1n) is 13.3.